The minimum atomic E-state index is -4.46. The summed E-state index contributed by atoms with van der Waals surface area (Å²) in [6.07, 6.45) is -5.40. The van der Waals surface area contributed by atoms with E-state index in [9.17, 15) is 36.3 Å². The number of carbonyl (C=O) groups excluding carboxylic acids is 2. The maximum atomic E-state index is 14.3. The first kappa shape index (κ1) is 38.1. The van der Waals surface area contributed by atoms with Gasteiger partial charge in [-0.3, -0.25) is 14.3 Å². The minimum absolute atomic E-state index is 0.00285. The summed E-state index contributed by atoms with van der Waals surface area (Å²) in [7, 11) is -2.72. The van der Waals surface area contributed by atoms with E-state index < -0.39 is 65.5 Å². The van der Waals surface area contributed by atoms with E-state index in [4.69, 9.17) is 14.0 Å². The first-order valence-electron chi connectivity index (χ1n) is 15.5. The molecule has 0 aliphatic carbocycles. The Bertz CT molecular complexity index is 1460. The molecule has 0 unspecified atom stereocenters. The van der Waals surface area contributed by atoms with E-state index in [2.05, 4.69) is 9.88 Å². The molecule has 1 aliphatic rings. The Labute approximate surface area is 273 Å². The van der Waals surface area contributed by atoms with E-state index in [1.807, 2.05) is 6.92 Å². The maximum Gasteiger partial charge on any atom is 0.389 e. The van der Waals surface area contributed by atoms with E-state index in [1.165, 1.54) is 48.9 Å². The second-order valence-corrected chi connectivity index (χ2v) is 13.8. The molecule has 0 saturated heterocycles. The largest absolute Gasteiger partial charge is 0.490 e. The number of anilines is 1. The number of halogens is 3. The fourth-order valence-electron chi connectivity index (χ4n) is 5.32. The van der Waals surface area contributed by atoms with Crippen LogP contribution in [0.25, 0.3) is 0 Å². The number of hydrogen-bond acceptors (Lipinski definition) is 9. The molecule has 2 heterocycles. The van der Waals surface area contributed by atoms with Crippen molar-refractivity contribution in [2.24, 2.45) is 5.92 Å². The van der Waals surface area contributed by atoms with Gasteiger partial charge in [-0.25, -0.2) is 8.42 Å². The highest BCUT2D eigenvalue weighted by Crippen LogP contribution is 2.30. The number of aromatic nitrogens is 1. The van der Waals surface area contributed by atoms with Crippen LogP contribution in [0.2, 0.25) is 0 Å². The number of nitrogens with zero attached hydrogens (tertiary/aromatic N) is 3. The number of nitrogens with one attached hydrogen (secondary N) is 1. The number of rotatable bonds is 9. The average Bonchev–Trinajstić information content (AvgIpc) is 3.34. The third kappa shape index (κ3) is 10.6. The van der Waals surface area contributed by atoms with Crippen molar-refractivity contribution in [2.75, 3.05) is 38.1 Å². The Morgan fingerprint density at radius 2 is 1.94 bits per heavy atom. The van der Waals surface area contributed by atoms with E-state index >= 15 is 0 Å². The monoisotopic (exact) mass is 690 g/mol. The number of carbonyl (C=O) groups is 2. The fourth-order valence-corrected chi connectivity index (χ4v) is 6.71. The van der Waals surface area contributed by atoms with Crippen LogP contribution in [0.4, 0.5) is 18.9 Å². The zero-order valence-electron chi connectivity index (χ0n) is 27.6. The summed E-state index contributed by atoms with van der Waals surface area (Å²) in [5, 5.41) is 13.8. The molecule has 1 aromatic carbocycles. The Kier molecular flexibility index (Phi) is 13.1. The van der Waals surface area contributed by atoms with Crippen molar-refractivity contribution in [1.29, 1.82) is 0 Å². The minimum Gasteiger partial charge on any atom is -0.490 e. The average molecular weight is 691 g/mol. The number of aliphatic hydroxyl groups is 1. The normalized spacial score (nSPS) is 20.9. The Morgan fingerprint density at radius 1 is 1.23 bits per heavy atom. The number of ether oxygens (including phenoxy) is 2. The molecule has 47 heavy (non-hydrogen) atoms. The molecular weight excluding hydrogens is 645 g/mol. The number of alkyl halides is 3. The smallest absolute Gasteiger partial charge is 0.389 e. The molecule has 1 aliphatic heterocycles. The van der Waals surface area contributed by atoms with Crippen LogP contribution in [0.3, 0.4) is 0 Å². The first-order valence-corrected chi connectivity index (χ1v) is 17.0. The molecule has 2 amide bonds. The van der Waals surface area contributed by atoms with Gasteiger partial charge in [0.05, 0.1) is 36.8 Å². The SMILES string of the molecule is Cc1noc(C)c1S(=O)(=O)Nc1ccc2c(c1)C(=O)N([C@@H](C)CO)C[C@@H](C)[C@@H](CN(C)C(=O)CCC(F)(F)F)OCCCC[C@H](C)O2. The van der Waals surface area contributed by atoms with Crippen molar-refractivity contribution >= 4 is 27.5 Å². The first-order chi connectivity index (χ1) is 21.9. The van der Waals surface area contributed by atoms with E-state index in [0.717, 1.165) is 0 Å². The van der Waals surface area contributed by atoms with Gasteiger partial charge in [-0.2, -0.15) is 13.2 Å². The zero-order valence-corrected chi connectivity index (χ0v) is 28.4. The van der Waals surface area contributed by atoms with E-state index in [-0.39, 0.29) is 52.5 Å². The number of aliphatic hydroxyl groups excluding tert-OH is 1. The lowest BCUT2D eigenvalue weighted by Crippen LogP contribution is -2.48. The van der Waals surface area contributed by atoms with Crippen molar-refractivity contribution in [1.82, 2.24) is 15.0 Å². The predicted octanol–water partition coefficient (Wildman–Crippen LogP) is 4.69. The molecular formula is C31H45F3N4O8S. The molecule has 264 valence electrons. The van der Waals surface area contributed by atoms with Gasteiger partial charge in [0, 0.05) is 44.8 Å². The third-order valence-corrected chi connectivity index (χ3v) is 9.67. The van der Waals surface area contributed by atoms with Gasteiger partial charge in [0.2, 0.25) is 5.91 Å². The van der Waals surface area contributed by atoms with Gasteiger partial charge in [-0.1, -0.05) is 12.1 Å². The number of sulfonamides is 1. The summed E-state index contributed by atoms with van der Waals surface area (Å²) in [5.74, 6) is -1.34. The van der Waals surface area contributed by atoms with Crippen molar-refractivity contribution in [3.8, 4) is 5.75 Å². The molecule has 0 bridgehead atoms. The van der Waals surface area contributed by atoms with Gasteiger partial charge in [0.15, 0.2) is 10.7 Å². The Balaban J connectivity index is 1.97. The van der Waals surface area contributed by atoms with Crippen LogP contribution in [-0.4, -0.2) is 98.1 Å². The summed E-state index contributed by atoms with van der Waals surface area (Å²) in [6, 6.07) is 3.67. The van der Waals surface area contributed by atoms with Crippen LogP contribution < -0.4 is 9.46 Å². The molecule has 2 N–H and O–H groups in total. The van der Waals surface area contributed by atoms with Crippen LogP contribution in [0, 0.1) is 19.8 Å². The second-order valence-electron chi connectivity index (χ2n) is 12.2. The van der Waals surface area contributed by atoms with Gasteiger partial charge in [-0.05, 0) is 65.2 Å². The Hall–Kier alpha value is -3.37. The quantitative estimate of drug-likeness (QED) is 0.382. The fraction of sp³-hybridized carbons (Fsp3) is 0.645. The zero-order chi connectivity index (χ0) is 35.1. The van der Waals surface area contributed by atoms with E-state index in [0.29, 0.717) is 25.9 Å². The predicted molar refractivity (Wildman–Crippen MR) is 167 cm³/mol. The molecule has 3 rings (SSSR count). The van der Waals surface area contributed by atoms with Crippen molar-refractivity contribution in [3.05, 3.63) is 35.2 Å². The summed E-state index contributed by atoms with van der Waals surface area (Å²) >= 11 is 0. The number of fused-ring (bicyclic) bond motifs is 1. The van der Waals surface area contributed by atoms with Crippen LogP contribution in [0.1, 0.15) is 74.7 Å². The third-order valence-electron chi connectivity index (χ3n) is 8.04. The van der Waals surface area contributed by atoms with E-state index in [1.54, 1.807) is 13.8 Å². The number of amides is 2. The van der Waals surface area contributed by atoms with Crippen LogP contribution in [0.5, 0.6) is 5.75 Å². The van der Waals surface area contributed by atoms with Crippen LogP contribution in [-0.2, 0) is 19.6 Å². The lowest BCUT2D eigenvalue weighted by molar-refractivity contribution is -0.149. The molecule has 0 fully saturated rings. The van der Waals surface area contributed by atoms with Crippen molar-refractivity contribution in [2.45, 2.75) is 96.0 Å². The van der Waals surface area contributed by atoms with Crippen molar-refractivity contribution < 1.29 is 50.3 Å². The number of hydrogen-bond donors (Lipinski definition) is 2. The topological polar surface area (TPSA) is 152 Å². The van der Waals surface area contributed by atoms with Crippen LogP contribution >= 0.6 is 0 Å². The molecule has 4 atom stereocenters. The molecule has 0 radical (unpaired) electrons. The highest BCUT2D eigenvalue weighted by Gasteiger charge is 2.33. The number of likely N-dealkylation sites (N-methyl/N-ethyl adjacent to an activating group) is 1. The second kappa shape index (κ2) is 16.2. The molecule has 0 spiro atoms. The Morgan fingerprint density at radius 3 is 2.55 bits per heavy atom. The lowest BCUT2D eigenvalue weighted by atomic mass is 10.0. The highest BCUT2D eigenvalue weighted by molar-refractivity contribution is 7.92. The van der Waals surface area contributed by atoms with Gasteiger partial charge in [-0.15, -0.1) is 0 Å². The molecule has 12 nitrogen and oxygen atoms in total. The lowest BCUT2D eigenvalue weighted by Gasteiger charge is -2.36. The van der Waals surface area contributed by atoms with Crippen LogP contribution in [0.15, 0.2) is 27.6 Å². The summed E-state index contributed by atoms with van der Waals surface area (Å²) in [6.45, 7) is 8.21. The summed E-state index contributed by atoms with van der Waals surface area (Å²) in [5.41, 5.74) is 0.305. The standard InChI is InChI=1S/C31H45F3N4O8S/c1-19-16-38(20(2)18-39)30(41)25-15-24(36-47(42,43)29-22(4)35-46-23(29)5)10-11-26(25)45-21(3)9-7-8-14-44-27(19)17-37(6)28(40)12-13-31(32,33)34/h10-11,15,19-21,27,36,39H,7-9,12-14,16-18H2,1-6H3/t19-,20+,21+,27-/m1/s1. The van der Waals surface area contributed by atoms with Crippen molar-refractivity contribution in [3.63, 3.8) is 0 Å². The van der Waals surface area contributed by atoms with Gasteiger partial charge in [0.25, 0.3) is 15.9 Å². The number of benzene rings is 1. The summed E-state index contributed by atoms with van der Waals surface area (Å²) in [4.78, 5) is 29.3. The number of aryl methyl sites for hydroxylation is 2. The summed E-state index contributed by atoms with van der Waals surface area (Å²) < 4.78 is 84.5. The van der Waals surface area contributed by atoms with Gasteiger partial charge >= 0.3 is 6.18 Å². The highest BCUT2D eigenvalue weighted by atomic mass is 32.2. The van der Waals surface area contributed by atoms with Gasteiger partial charge < -0.3 is 28.9 Å². The molecule has 0 saturated carbocycles. The molecule has 16 heteroatoms. The molecule has 1 aromatic heterocycles. The molecule has 2 aromatic rings. The maximum absolute atomic E-state index is 14.3. The van der Waals surface area contributed by atoms with Gasteiger partial charge in [0.1, 0.15) is 11.4 Å².